The van der Waals surface area contributed by atoms with E-state index in [-0.39, 0.29) is 43.6 Å². The van der Waals surface area contributed by atoms with Crippen LogP contribution in [0.5, 0.6) is 0 Å². The number of para-hydroxylation sites is 1. The summed E-state index contributed by atoms with van der Waals surface area (Å²) >= 11 is 0. The third-order valence-electron chi connectivity index (χ3n) is 6.72. The zero-order chi connectivity index (χ0) is 36.7. The van der Waals surface area contributed by atoms with Gasteiger partial charge in [-0.3, -0.25) is 4.39 Å². The molecule has 5 heteroatoms. The molecule has 7 rings (SSSR count). The summed E-state index contributed by atoms with van der Waals surface area (Å²) in [5.74, 6) is -0.368. The number of hydrogen-bond donors (Lipinski definition) is 0. The van der Waals surface area contributed by atoms with Crippen molar-refractivity contribution in [1.82, 2.24) is 9.97 Å². The van der Waals surface area contributed by atoms with Crippen LogP contribution in [0, 0.1) is 30.2 Å². The van der Waals surface area contributed by atoms with Gasteiger partial charge < -0.3 is 14.4 Å². The van der Waals surface area contributed by atoms with E-state index >= 15 is 0 Å². The molecule has 4 aromatic carbocycles. The van der Waals surface area contributed by atoms with E-state index in [0.717, 1.165) is 16.4 Å². The van der Waals surface area contributed by atoms with Crippen LogP contribution in [0.1, 0.15) is 41.5 Å². The van der Waals surface area contributed by atoms with Crippen molar-refractivity contribution < 1.29 is 38.5 Å². The number of nitrogens with zero attached hydrogens (tertiary/aromatic N) is 2. The van der Waals surface area contributed by atoms with Crippen LogP contribution in [-0.2, 0) is 26.5 Å². The summed E-state index contributed by atoms with van der Waals surface area (Å²) in [6.45, 7) is 3.30. The van der Waals surface area contributed by atoms with Crippen LogP contribution in [0.4, 0.5) is 4.39 Å². The molecular weight excluding hydrogens is 736 g/mol. The van der Waals surface area contributed by atoms with Gasteiger partial charge in [0.05, 0.1) is 8.32 Å². The first-order chi connectivity index (χ1) is 24.0. The van der Waals surface area contributed by atoms with E-state index < -0.39 is 18.6 Å². The molecule has 7 aromatic rings. The van der Waals surface area contributed by atoms with E-state index in [1.54, 1.807) is 24.4 Å². The Morgan fingerprint density at radius 1 is 0.889 bits per heavy atom. The Morgan fingerprint density at radius 2 is 1.71 bits per heavy atom. The van der Waals surface area contributed by atoms with Gasteiger partial charge in [-0.1, -0.05) is 92.3 Å². The van der Waals surface area contributed by atoms with Gasteiger partial charge in [0.2, 0.25) is 0 Å². The van der Waals surface area contributed by atoms with E-state index in [0.29, 0.717) is 44.8 Å². The minimum atomic E-state index is -2.15. The molecule has 0 saturated carbocycles. The number of pyridine rings is 2. The van der Waals surface area contributed by atoms with Crippen LogP contribution in [0.15, 0.2) is 120 Å². The Morgan fingerprint density at radius 3 is 2.42 bits per heavy atom. The van der Waals surface area contributed by atoms with Crippen molar-refractivity contribution >= 4 is 21.9 Å². The van der Waals surface area contributed by atoms with E-state index in [4.69, 9.17) is 14.0 Å². The van der Waals surface area contributed by atoms with E-state index in [2.05, 4.69) is 22.1 Å². The SMILES string of the molecule is [2H]C([2H])([2H])c1ccc(-c2[c-]cc(F)cc2)nc1.[2H]c1cc(C([2H])([2H])C(C)(C)C)cc([2H])c1-c1ccnc(-c2[c-]ccc3c2oc2ccccc23)c1.[Ir]. The van der Waals surface area contributed by atoms with Crippen LogP contribution >= 0.6 is 0 Å². The molecule has 0 N–H and O–H groups in total. The van der Waals surface area contributed by atoms with Crippen molar-refractivity contribution in [2.75, 3.05) is 0 Å². The second kappa shape index (κ2) is 13.7. The van der Waals surface area contributed by atoms with Crippen molar-refractivity contribution in [3.63, 3.8) is 0 Å². The molecule has 0 amide bonds. The van der Waals surface area contributed by atoms with Gasteiger partial charge in [-0.15, -0.1) is 48.0 Å². The zero-order valence-electron chi connectivity index (χ0n) is 31.8. The van der Waals surface area contributed by atoms with Gasteiger partial charge in [-0.25, -0.2) is 0 Å². The summed E-state index contributed by atoms with van der Waals surface area (Å²) in [5.41, 5.74) is 5.00. The molecule has 0 spiro atoms. The number of benzene rings is 4. The number of fused-ring (bicyclic) bond motifs is 3. The van der Waals surface area contributed by atoms with E-state index in [1.807, 2.05) is 63.2 Å². The van der Waals surface area contributed by atoms with Gasteiger partial charge in [0, 0.05) is 50.6 Å². The van der Waals surface area contributed by atoms with Crippen molar-refractivity contribution in [2.24, 2.45) is 5.41 Å². The molecular formula is C40H33FIrN2O-2. The van der Waals surface area contributed by atoms with Gasteiger partial charge >= 0.3 is 0 Å². The largest absolute Gasteiger partial charge is 0.501 e. The predicted octanol–water partition coefficient (Wildman–Crippen LogP) is 10.7. The number of hydrogen-bond acceptors (Lipinski definition) is 3. The van der Waals surface area contributed by atoms with Gasteiger partial charge in [0.15, 0.2) is 0 Å². The molecule has 0 atom stereocenters. The Bertz CT molecular complexity index is 2330. The summed E-state index contributed by atoms with van der Waals surface area (Å²) < 4.78 is 74.8. The number of aryl methyl sites for hydroxylation is 1. The quantitative estimate of drug-likeness (QED) is 0.167. The van der Waals surface area contributed by atoms with Gasteiger partial charge in [0.25, 0.3) is 0 Å². The molecule has 3 heterocycles. The first-order valence-electron chi connectivity index (χ1n) is 17.6. The fourth-order valence-corrected chi connectivity index (χ4v) is 4.78. The average molecular weight is 776 g/mol. The normalized spacial score (nSPS) is 14.0. The minimum absolute atomic E-state index is 0. The number of aromatic nitrogens is 2. The Hall–Kier alpha value is -4.44. The van der Waals surface area contributed by atoms with E-state index in [9.17, 15) is 4.39 Å². The maximum atomic E-state index is 12.7. The van der Waals surface area contributed by atoms with E-state index in [1.165, 1.54) is 36.5 Å². The Balaban J connectivity index is 0.000000245. The fourth-order valence-electron chi connectivity index (χ4n) is 4.78. The van der Waals surface area contributed by atoms with Gasteiger partial charge in [-0.05, 0) is 64.4 Å². The molecule has 0 aliphatic carbocycles. The number of rotatable bonds is 4. The number of furan rings is 1. The van der Waals surface area contributed by atoms with Crippen molar-refractivity contribution in [3.05, 3.63) is 145 Å². The first kappa shape index (κ1) is 23.9. The summed E-state index contributed by atoms with van der Waals surface area (Å²) in [4.78, 5) is 8.56. The third-order valence-corrected chi connectivity index (χ3v) is 6.72. The van der Waals surface area contributed by atoms with Crippen LogP contribution in [0.25, 0.3) is 55.6 Å². The second-order valence-electron chi connectivity index (χ2n) is 11.3. The zero-order valence-corrected chi connectivity index (χ0v) is 27.2. The second-order valence-corrected chi connectivity index (χ2v) is 11.3. The van der Waals surface area contributed by atoms with Gasteiger partial charge in [0.1, 0.15) is 5.58 Å². The Kier molecular flexibility index (Phi) is 7.26. The molecule has 0 unspecified atom stereocenters. The van der Waals surface area contributed by atoms with Gasteiger partial charge in [-0.2, -0.15) is 0 Å². The molecule has 3 nitrogen and oxygen atoms in total. The minimum Gasteiger partial charge on any atom is -0.501 e. The molecule has 0 bridgehead atoms. The van der Waals surface area contributed by atoms with Crippen LogP contribution < -0.4 is 0 Å². The molecule has 1 radical (unpaired) electrons. The van der Waals surface area contributed by atoms with Crippen LogP contribution in [0.2, 0.25) is 0 Å². The van der Waals surface area contributed by atoms with Crippen molar-refractivity contribution in [3.8, 4) is 33.6 Å². The smallest absolute Gasteiger partial charge is 0.120 e. The first-order valence-corrected chi connectivity index (χ1v) is 14.1. The Labute approximate surface area is 287 Å². The molecule has 45 heavy (non-hydrogen) atoms. The van der Waals surface area contributed by atoms with Crippen molar-refractivity contribution in [1.29, 1.82) is 0 Å². The molecule has 227 valence electrons. The summed E-state index contributed by atoms with van der Waals surface area (Å²) in [5, 5.41) is 2.00. The standard InChI is InChI=1S/C28H24NO.C12H9FN.Ir/c1-28(2,3)18-19-11-13-20(14-12-19)21-15-16-29-25(17-21)24-9-6-8-23-22-7-4-5-10-26(22)30-27(23)24;1-9-2-7-12(14-8-9)10-3-5-11(13)6-4-10;/h4-8,10-17H,18H2,1-3H3;2-3,5-8H,1H3;/q2*-1;/i13D,14D,18D2;1D3;. The molecule has 0 saturated heterocycles. The topological polar surface area (TPSA) is 38.9 Å². The monoisotopic (exact) mass is 776 g/mol. The molecule has 0 aliphatic heterocycles. The van der Waals surface area contributed by atoms with Crippen molar-refractivity contribution in [2.45, 2.75) is 34.0 Å². The summed E-state index contributed by atoms with van der Waals surface area (Å²) in [6, 6.07) is 31.7. The predicted molar refractivity (Wildman–Crippen MR) is 178 cm³/mol. The average Bonchev–Trinajstić information content (AvgIpc) is 3.47. The fraction of sp³-hybridized carbons (Fsp3) is 0.150. The third kappa shape index (κ3) is 7.62. The number of halogens is 1. The molecule has 3 aromatic heterocycles. The van der Waals surface area contributed by atoms with Crippen LogP contribution in [0.3, 0.4) is 0 Å². The molecule has 0 fully saturated rings. The summed E-state index contributed by atoms with van der Waals surface area (Å²) in [6.07, 6.45) is 1.28. The maximum absolute atomic E-state index is 12.7. The van der Waals surface area contributed by atoms with Crippen LogP contribution in [-0.4, -0.2) is 9.97 Å². The maximum Gasteiger partial charge on any atom is 0.120 e. The molecule has 0 aliphatic rings. The summed E-state index contributed by atoms with van der Waals surface area (Å²) in [7, 11) is 0.